The van der Waals surface area contributed by atoms with E-state index >= 15 is 0 Å². The van der Waals surface area contributed by atoms with Crippen molar-refractivity contribution in [3.05, 3.63) is 124 Å². The second kappa shape index (κ2) is 28.4. The van der Waals surface area contributed by atoms with E-state index in [0.29, 0.717) is 0 Å². The van der Waals surface area contributed by atoms with Gasteiger partial charge < -0.3 is 14.2 Å². The minimum atomic E-state index is 0.749. The average Bonchev–Trinajstić information content (AvgIpc) is 3.25. The van der Waals surface area contributed by atoms with Gasteiger partial charge in [0.05, 0.1) is 19.8 Å². The van der Waals surface area contributed by atoms with Crippen molar-refractivity contribution in [2.24, 2.45) is 0 Å². The van der Waals surface area contributed by atoms with E-state index < -0.39 is 0 Å². The van der Waals surface area contributed by atoms with Crippen LogP contribution in [-0.4, -0.2) is 19.8 Å². The number of benzene rings is 4. The molecule has 0 heterocycles. The molecule has 4 aromatic rings. The summed E-state index contributed by atoms with van der Waals surface area (Å²) in [4.78, 5) is 0. The number of ether oxygens (including phenoxy) is 3. The molecule has 0 radical (unpaired) electrons. The van der Waals surface area contributed by atoms with Gasteiger partial charge in [-0.2, -0.15) is 0 Å². The van der Waals surface area contributed by atoms with E-state index in [2.05, 4.69) is 56.3 Å². The molecule has 0 aliphatic carbocycles. The van der Waals surface area contributed by atoms with Crippen LogP contribution in [0.25, 0.3) is 0 Å². The maximum Gasteiger partial charge on any atom is 0.119 e. The Labute approximate surface area is 346 Å². The fourth-order valence-corrected chi connectivity index (χ4v) is 6.38. The zero-order valence-electron chi connectivity index (χ0n) is 35.2. The van der Waals surface area contributed by atoms with Gasteiger partial charge in [0.25, 0.3) is 0 Å². The molecule has 0 N–H and O–H groups in total. The molecule has 0 atom stereocenters. The summed E-state index contributed by atoms with van der Waals surface area (Å²) in [5, 5.41) is 0. The summed E-state index contributed by atoms with van der Waals surface area (Å²) in [5.74, 6) is 22.8. The zero-order valence-corrected chi connectivity index (χ0v) is 35.2. The van der Waals surface area contributed by atoms with Crippen molar-refractivity contribution in [1.82, 2.24) is 0 Å². The smallest absolute Gasteiger partial charge is 0.119 e. The number of rotatable bonds is 24. The molecule has 0 aliphatic heterocycles. The second-order valence-electron chi connectivity index (χ2n) is 14.9. The third-order valence-electron chi connectivity index (χ3n) is 9.92. The normalized spacial score (nSPS) is 10.4. The Bertz CT molecular complexity index is 1870. The molecule has 300 valence electrons. The minimum Gasteiger partial charge on any atom is -0.494 e. The highest BCUT2D eigenvalue weighted by Gasteiger charge is 2.02. The Balaban J connectivity index is 1.42. The first-order chi connectivity index (χ1) is 28.2. The van der Waals surface area contributed by atoms with Crippen molar-refractivity contribution >= 4 is 0 Å². The molecule has 4 rings (SSSR count). The van der Waals surface area contributed by atoms with E-state index in [9.17, 15) is 0 Å². The lowest BCUT2D eigenvalue weighted by atomic mass is 10.0. The predicted molar refractivity (Wildman–Crippen MR) is 240 cm³/mol. The molecule has 0 saturated heterocycles. The Kier molecular flexibility index (Phi) is 22.2. The van der Waals surface area contributed by atoms with E-state index in [1.165, 1.54) is 96.3 Å². The highest BCUT2D eigenvalue weighted by atomic mass is 16.5. The lowest BCUT2D eigenvalue weighted by Gasteiger charge is -2.06. The quantitative estimate of drug-likeness (QED) is 0.0526. The van der Waals surface area contributed by atoms with E-state index in [4.69, 9.17) is 14.2 Å². The van der Waals surface area contributed by atoms with Gasteiger partial charge in [-0.1, -0.05) is 153 Å². The average molecular weight is 763 g/mol. The topological polar surface area (TPSA) is 27.7 Å². The first-order valence-electron chi connectivity index (χ1n) is 22.1. The van der Waals surface area contributed by atoms with Crippen LogP contribution in [0.2, 0.25) is 0 Å². The maximum absolute atomic E-state index is 6.00. The highest BCUT2D eigenvalue weighted by Crippen LogP contribution is 2.18. The molecule has 0 fully saturated rings. The van der Waals surface area contributed by atoms with Crippen LogP contribution >= 0.6 is 0 Å². The Hall–Kier alpha value is -5.04. The first-order valence-corrected chi connectivity index (χ1v) is 22.1. The van der Waals surface area contributed by atoms with Gasteiger partial charge in [-0.15, -0.1) is 0 Å². The molecular formula is C54H66O3. The summed E-state index contributed by atoms with van der Waals surface area (Å²) in [5.41, 5.74) is 5.39. The van der Waals surface area contributed by atoms with Crippen LogP contribution in [0.5, 0.6) is 17.2 Å². The molecule has 0 aromatic heterocycles. The molecule has 0 unspecified atom stereocenters. The van der Waals surface area contributed by atoms with E-state index in [0.717, 1.165) is 89.7 Å². The third-order valence-corrected chi connectivity index (χ3v) is 9.92. The molecular weight excluding hydrogens is 697 g/mol. The zero-order chi connectivity index (χ0) is 40.0. The van der Waals surface area contributed by atoms with Crippen molar-refractivity contribution < 1.29 is 14.2 Å². The highest BCUT2D eigenvalue weighted by molar-refractivity contribution is 5.58. The minimum absolute atomic E-state index is 0.749. The summed E-state index contributed by atoms with van der Waals surface area (Å²) in [6.45, 7) is 9.01. The Morgan fingerprint density at radius 1 is 0.298 bits per heavy atom. The van der Waals surface area contributed by atoms with Crippen LogP contribution in [0, 0.1) is 35.5 Å². The van der Waals surface area contributed by atoms with Crippen molar-refractivity contribution in [3.8, 4) is 52.8 Å². The number of hydrogen-bond donors (Lipinski definition) is 0. The van der Waals surface area contributed by atoms with Gasteiger partial charge in [-0.05, 0) is 110 Å². The largest absolute Gasteiger partial charge is 0.494 e. The lowest BCUT2D eigenvalue weighted by Crippen LogP contribution is -1.97. The van der Waals surface area contributed by atoms with Crippen LogP contribution in [-0.2, 0) is 0 Å². The van der Waals surface area contributed by atoms with Crippen LogP contribution in [0.1, 0.15) is 170 Å². The summed E-state index contributed by atoms with van der Waals surface area (Å²) in [6.07, 6.45) is 22.5. The van der Waals surface area contributed by atoms with E-state index in [1.54, 1.807) is 0 Å². The molecule has 3 nitrogen and oxygen atoms in total. The lowest BCUT2D eigenvalue weighted by molar-refractivity contribution is 0.304. The predicted octanol–water partition coefficient (Wildman–Crippen LogP) is 14.1. The van der Waals surface area contributed by atoms with Crippen LogP contribution < -0.4 is 14.2 Å². The summed E-state index contributed by atoms with van der Waals surface area (Å²) < 4.78 is 18.0. The molecule has 0 saturated carbocycles. The molecule has 0 bridgehead atoms. The Morgan fingerprint density at radius 3 is 0.982 bits per heavy atom. The van der Waals surface area contributed by atoms with E-state index in [1.807, 2.05) is 91.0 Å². The second-order valence-corrected chi connectivity index (χ2v) is 14.9. The monoisotopic (exact) mass is 763 g/mol. The van der Waals surface area contributed by atoms with Crippen LogP contribution in [0.4, 0.5) is 0 Å². The number of hydrogen-bond acceptors (Lipinski definition) is 3. The summed E-state index contributed by atoms with van der Waals surface area (Å²) in [7, 11) is 0. The fourth-order valence-electron chi connectivity index (χ4n) is 6.38. The molecule has 4 aromatic carbocycles. The van der Waals surface area contributed by atoms with Gasteiger partial charge in [0.15, 0.2) is 0 Å². The van der Waals surface area contributed by atoms with Gasteiger partial charge >= 0.3 is 0 Å². The van der Waals surface area contributed by atoms with Gasteiger partial charge in [0.1, 0.15) is 17.2 Å². The maximum atomic E-state index is 6.00. The molecule has 0 amide bonds. The van der Waals surface area contributed by atoms with Gasteiger partial charge in [-0.3, -0.25) is 0 Å². The van der Waals surface area contributed by atoms with Gasteiger partial charge in [0, 0.05) is 33.4 Å². The summed E-state index contributed by atoms with van der Waals surface area (Å²) in [6, 6.07) is 30.3. The molecule has 3 heteroatoms. The molecule has 57 heavy (non-hydrogen) atoms. The Morgan fingerprint density at radius 2 is 0.596 bits per heavy atom. The first kappa shape index (κ1) is 44.7. The van der Waals surface area contributed by atoms with Gasteiger partial charge in [-0.25, -0.2) is 0 Å². The van der Waals surface area contributed by atoms with Crippen LogP contribution in [0.15, 0.2) is 91.0 Å². The SMILES string of the molecule is CCCCCCCCOc1ccc(C#Cc2ccc(C#Cc3ccc(OCCCCCCCC)cc3)c(C#Cc3ccc(OCCCCCCCC)cc3)c2)cc1. The van der Waals surface area contributed by atoms with Crippen molar-refractivity contribution in [2.45, 2.75) is 136 Å². The van der Waals surface area contributed by atoms with Crippen LogP contribution in [0.3, 0.4) is 0 Å². The van der Waals surface area contributed by atoms with Crippen molar-refractivity contribution in [1.29, 1.82) is 0 Å². The molecule has 0 aliphatic rings. The molecule has 0 spiro atoms. The van der Waals surface area contributed by atoms with E-state index in [-0.39, 0.29) is 0 Å². The van der Waals surface area contributed by atoms with Gasteiger partial charge in [0.2, 0.25) is 0 Å². The number of unbranched alkanes of at least 4 members (excludes halogenated alkanes) is 15. The third kappa shape index (κ3) is 19.1. The van der Waals surface area contributed by atoms with Crippen molar-refractivity contribution in [2.75, 3.05) is 19.8 Å². The fraction of sp³-hybridized carbons (Fsp3) is 0.444. The summed E-state index contributed by atoms with van der Waals surface area (Å²) >= 11 is 0. The standard InChI is InChI=1S/C54H66O3/c1-4-7-10-13-16-19-42-55-52-36-27-46(28-37-52)22-23-49-26-34-50(33-24-47-29-38-53(39-30-47)56-43-20-17-14-11-8-5-2)51(45-49)35-25-48-31-40-54(41-32-48)57-44-21-18-15-12-9-6-3/h26-32,34,36-41,45H,4-21,42-44H2,1-3H3. The van der Waals surface area contributed by atoms with Crippen molar-refractivity contribution in [3.63, 3.8) is 0 Å².